The summed E-state index contributed by atoms with van der Waals surface area (Å²) < 4.78 is 6.89. The van der Waals surface area contributed by atoms with Gasteiger partial charge in [0.15, 0.2) is 0 Å². The first-order chi connectivity index (χ1) is 17.0. The number of hydrogen-bond acceptors (Lipinski definition) is 6. The highest BCUT2D eigenvalue weighted by molar-refractivity contribution is 6.10. The van der Waals surface area contributed by atoms with Gasteiger partial charge in [-0.05, 0) is 48.5 Å². The number of nitrogens with zero attached hydrogens (tertiary/aromatic N) is 4. The number of nitrogens with one attached hydrogen (secondary N) is 1. The van der Waals surface area contributed by atoms with E-state index in [2.05, 4.69) is 10.4 Å². The molecular weight excluding hydrogens is 446 g/mol. The van der Waals surface area contributed by atoms with E-state index in [-0.39, 0.29) is 16.9 Å². The number of nitro benzene ring substituents is 1. The Hall–Kier alpha value is -5.23. The topological polar surface area (TPSA) is 123 Å². The highest BCUT2D eigenvalue weighted by atomic mass is 16.6. The number of anilines is 1. The molecule has 0 saturated carbocycles. The second-order valence-electron chi connectivity index (χ2n) is 7.37. The molecule has 0 atom stereocenters. The first-order valence-electron chi connectivity index (χ1n) is 10.5. The number of para-hydroxylation sites is 1. The molecule has 0 aliphatic carbocycles. The maximum atomic E-state index is 12.8. The summed E-state index contributed by atoms with van der Waals surface area (Å²) in [4.78, 5) is 23.3. The lowest BCUT2D eigenvalue weighted by atomic mass is 10.1. The van der Waals surface area contributed by atoms with Crippen LogP contribution in [-0.4, -0.2) is 27.7 Å². The largest absolute Gasteiger partial charge is 0.497 e. The van der Waals surface area contributed by atoms with Crippen molar-refractivity contribution in [3.8, 4) is 28.8 Å². The number of benzene rings is 3. The third-order valence-corrected chi connectivity index (χ3v) is 5.11. The van der Waals surface area contributed by atoms with Gasteiger partial charge in [-0.1, -0.05) is 24.3 Å². The van der Waals surface area contributed by atoms with Gasteiger partial charge >= 0.3 is 0 Å². The van der Waals surface area contributed by atoms with E-state index in [4.69, 9.17) is 4.74 Å². The van der Waals surface area contributed by atoms with Crippen molar-refractivity contribution in [1.82, 2.24) is 9.78 Å². The number of nitriles is 1. The average molecular weight is 465 g/mol. The zero-order valence-electron chi connectivity index (χ0n) is 18.6. The predicted octanol–water partition coefficient (Wildman–Crippen LogP) is 5.00. The Morgan fingerprint density at radius 2 is 1.86 bits per heavy atom. The highest BCUT2D eigenvalue weighted by Gasteiger charge is 2.16. The van der Waals surface area contributed by atoms with Crippen LogP contribution < -0.4 is 10.1 Å². The number of methoxy groups -OCH3 is 1. The van der Waals surface area contributed by atoms with Crippen LogP contribution in [0.3, 0.4) is 0 Å². The van der Waals surface area contributed by atoms with Gasteiger partial charge in [0.2, 0.25) is 0 Å². The number of aromatic nitrogens is 2. The smallest absolute Gasteiger partial charge is 0.271 e. The molecule has 9 heteroatoms. The SMILES string of the molecule is COc1ccc(-c2nn(-c3ccccc3)cc2C=C(C#N)C(=O)Nc2cccc([N+](=O)[O-])c2)cc1. The van der Waals surface area contributed by atoms with E-state index in [0.717, 1.165) is 11.3 Å². The van der Waals surface area contributed by atoms with Crippen LogP contribution in [0.2, 0.25) is 0 Å². The summed E-state index contributed by atoms with van der Waals surface area (Å²) >= 11 is 0. The number of ether oxygens (including phenoxy) is 1. The van der Waals surface area contributed by atoms with Crippen LogP contribution in [-0.2, 0) is 4.79 Å². The van der Waals surface area contributed by atoms with Crippen molar-refractivity contribution in [1.29, 1.82) is 5.26 Å². The van der Waals surface area contributed by atoms with Gasteiger partial charge in [-0.2, -0.15) is 10.4 Å². The number of rotatable bonds is 7. The molecule has 1 N–H and O–H groups in total. The van der Waals surface area contributed by atoms with Crippen LogP contribution in [0.4, 0.5) is 11.4 Å². The first kappa shape index (κ1) is 22.9. The van der Waals surface area contributed by atoms with Crippen LogP contribution >= 0.6 is 0 Å². The molecule has 0 aliphatic heterocycles. The van der Waals surface area contributed by atoms with Gasteiger partial charge in [-0.15, -0.1) is 0 Å². The molecule has 0 saturated heterocycles. The summed E-state index contributed by atoms with van der Waals surface area (Å²) in [6.45, 7) is 0. The minimum atomic E-state index is -0.693. The zero-order chi connectivity index (χ0) is 24.8. The van der Waals surface area contributed by atoms with Crippen molar-refractivity contribution in [3.63, 3.8) is 0 Å². The fourth-order valence-electron chi connectivity index (χ4n) is 3.38. The number of nitro groups is 1. The maximum absolute atomic E-state index is 12.8. The minimum absolute atomic E-state index is 0.170. The molecule has 1 heterocycles. The quantitative estimate of drug-likeness (QED) is 0.177. The highest BCUT2D eigenvalue weighted by Crippen LogP contribution is 2.28. The van der Waals surface area contributed by atoms with Gasteiger partial charge in [0, 0.05) is 35.1 Å². The summed E-state index contributed by atoms with van der Waals surface area (Å²) in [5, 5.41) is 27.9. The molecule has 1 aromatic heterocycles. The van der Waals surface area contributed by atoms with Crippen LogP contribution in [0, 0.1) is 21.4 Å². The third kappa shape index (κ3) is 5.23. The van der Waals surface area contributed by atoms with E-state index < -0.39 is 10.8 Å². The van der Waals surface area contributed by atoms with E-state index >= 15 is 0 Å². The van der Waals surface area contributed by atoms with Crippen molar-refractivity contribution < 1.29 is 14.5 Å². The molecule has 3 aromatic carbocycles. The summed E-state index contributed by atoms with van der Waals surface area (Å²) in [7, 11) is 1.58. The summed E-state index contributed by atoms with van der Waals surface area (Å²) in [6.07, 6.45) is 3.17. The molecule has 0 spiro atoms. The van der Waals surface area contributed by atoms with Crippen molar-refractivity contribution in [3.05, 3.63) is 106 Å². The first-order valence-corrected chi connectivity index (χ1v) is 10.5. The Bertz CT molecular complexity index is 1450. The van der Waals surface area contributed by atoms with Gasteiger partial charge in [0.1, 0.15) is 17.4 Å². The van der Waals surface area contributed by atoms with Crippen molar-refractivity contribution in [2.45, 2.75) is 0 Å². The van der Waals surface area contributed by atoms with Gasteiger partial charge in [-0.3, -0.25) is 14.9 Å². The molecular formula is C26H19N5O4. The second kappa shape index (κ2) is 10.1. The molecule has 0 radical (unpaired) electrons. The Labute approximate surface area is 200 Å². The van der Waals surface area contributed by atoms with Crippen LogP contribution in [0.1, 0.15) is 5.56 Å². The fraction of sp³-hybridized carbons (Fsp3) is 0.0385. The molecule has 9 nitrogen and oxygen atoms in total. The molecule has 4 aromatic rings. The normalized spacial score (nSPS) is 10.9. The Morgan fingerprint density at radius 3 is 2.51 bits per heavy atom. The number of hydrogen-bond donors (Lipinski definition) is 1. The lowest BCUT2D eigenvalue weighted by Crippen LogP contribution is -2.13. The number of carbonyl (C=O) groups is 1. The van der Waals surface area contributed by atoms with Crippen LogP contribution in [0.25, 0.3) is 23.0 Å². The summed E-state index contributed by atoms with van der Waals surface area (Å²) in [6, 6.07) is 24.1. The lowest BCUT2D eigenvalue weighted by molar-refractivity contribution is -0.384. The van der Waals surface area contributed by atoms with Gasteiger partial charge in [0.05, 0.1) is 23.4 Å². The van der Waals surface area contributed by atoms with E-state index in [9.17, 15) is 20.2 Å². The lowest BCUT2D eigenvalue weighted by Gasteiger charge is -2.05. The van der Waals surface area contributed by atoms with Crippen molar-refractivity contribution in [2.24, 2.45) is 0 Å². The Kier molecular flexibility index (Phi) is 6.65. The van der Waals surface area contributed by atoms with Crippen LogP contribution in [0.15, 0.2) is 90.6 Å². The molecule has 35 heavy (non-hydrogen) atoms. The van der Waals surface area contributed by atoms with Gasteiger partial charge in [-0.25, -0.2) is 4.68 Å². The monoisotopic (exact) mass is 465 g/mol. The van der Waals surface area contributed by atoms with E-state index in [1.54, 1.807) is 30.1 Å². The molecule has 0 unspecified atom stereocenters. The number of amides is 1. The summed E-state index contributed by atoms with van der Waals surface area (Å²) in [5.74, 6) is -0.0106. The molecule has 4 rings (SSSR count). The van der Waals surface area contributed by atoms with E-state index in [1.165, 1.54) is 30.3 Å². The molecule has 1 amide bonds. The van der Waals surface area contributed by atoms with Crippen LogP contribution in [0.5, 0.6) is 5.75 Å². The molecule has 0 bridgehead atoms. The zero-order valence-corrected chi connectivity index (χ0v) is 18.6. The predicted molar refractivity (Wildman–Crippen MR) is 131 cm³/mol. The Morgan fingerprint density at radius 1 is 1.11 bits per heavy atom. The fourth-order valence-corrected chi connectivity index (χ4v) is 3.38. The number of non-ortho nitro benzene ring substituents is 1. The second-order valence-corrected chi connectivity index (χ2v) is 7.37. The van der Waals surface area contributed by atoms with E-state index in [1.807, 2.05) is 48.5 Å². The van der Waals surface area contributed by atoms with Gasteiger partial charge in [0.25, 0.3) is 11.6 Å². The summed E-state index contributed by atoms with van der Waals surface area (Å²) in [5.41, 5.74) is 2.54. The minimum Gasteiger partial charge on any atom is -0.497 e. The molecule has 172 valence electrons. The van der Waals surface area contributed by atoms with Crippen molar-refractivity contribution >= 4 is 23.4 Å². The average Bonchev–Trinajstić information content (AvgIpc) is 3.31. The van der Waals surface area contributed by atoms with Gasteiger partial charge < -0.3 is 10.1 Å². The molecule has 0 aliphatic rings. The van der Waals surface area contributed by atoms with Crippen molar-refractivity contribution in [2.75, 3.05) is 12.4 Å². The number of carbonyl (C=O) groups excluding carboxylic acids is 1. The van der Waals surface area contributed by atoms with E-state index in [0.29, 0.717) is 17.0 Å². The molecule has 0 fully saturated rings. The Balaban J connectivity index is 1.73. The maximum Gasteiger partial charge on any atom is 0.271 e. The standard InChI is InChI=1S/C26H19N5O4/c1-35-24-12-10-18(11-13-24)25-20(17-30(29-25)22-7-3-2-4-8-22)14-19(16-27)26(32)28-21-6-5-9-23(15-21)31(33)34/h2-15,17H,1H3,(H,28,32). The third-order valence-electron chi connectivity index (χ3n) is 5.11.